The predicted molar refractivity (Wildman–Crippen MR) is 58.5 cm³/mol. The lowest BCUT2D eigenvalue weighted by Crippen LogP contribution is -2.33. The van der Waals surface area contributed by atoms with E-state index in [1.807, 2.05) is 13.8 Å². The molecule has 0 aliphatic rings. The van der Waals surface area contributed by atoms with Crippen LogP contribution in [0.1, 0.15) is 20.3 Å². The summed E-state index contributed by atoms with van der Waals surface area (Å²) in [6.07, 6.45) is 0.954. The van der Waals surface area contributed by atoms with Crippen LogP contribution >= 0.6 is 23.1 Å². The first-order valence-corrected chi connectivity index (χ1v) is 6.27. The van der Waals surface area contributed by atoms with Crippen molar-refractivity contribution in [3.63, 3.8) is 0 Å². The zero-order valence-corrected chi connectivity index (χ0v) is 9.82. The van der Waals surface area contributed by atoms with E-state index in [0.717, 1.165) is 10.8 Å². The zero-order chi connectivity index (χ0) is 10.4. The topological polar surface area (TPSA) is 54.9 Å². The first kappa shape index (κ1) is 11.5. The minimum Gasteiger partial charge on any atom is -0.353 e. The van der Waals surface area contributed by atoms with Crippen LogP contribution in [0.3, 0.4) is 0 Å². The molecule has 0 fully saturated rings. The summed E-state index contributed by atoms with van der Waals surface area (Å²) in [6, 6.07) is 0.248. The van der Waals surface area contributed by atoms with E-state index in [1.54, 1.807) is 5.51 Å². The van der Waals surface area contributed by atoms with Crippen LogP contribution in [-0.2, 0) is 4.79 Å². The van der Waals surface area contributed by atoms with E-state index in [9.17, 15) is 4.79 Å². The van der Waals surface area contributed by atoms with Crippen LogP contribution in [-0.4, -0.2) is 27.9 Å². The largest absolute Gasteiger partial charge is 0.353 e. The summed E-state index contributed by atoms with van der Waals surface area (Å²) in [7, 11) is 0. The molecule has 4 nitrogen and oxygen atoms in total. The van der Waals surface area contributed by atoms with Crippen molar-refractivity contribution in [1.29, 1.82) is 0 Å². The van der Waals surface area contributed by atoms with Gasteiger partial charge in [-0.2, -0.15) is 0 Å². The lowest BCUT2D eigenvalue weighted by molar-refractivity contribution is -0.119. The summed E-state index contributed by atoms with van der Waals surface area (Å²) < 4.78 is 0.837. The fourth-order valence-corrected chi connectivity index (χ4v) is 2.07. The van der Waals surface area contributed by atoms with E-state index in [1.165, 1.54) is 23.1 Å². The predicted octanol–water partition coefficient (Wildman–Crippen LogP) is 1.54. The van der Waals surface area contributed by atoms with Gasteiger partial charge in [-0.15, -0.1) is 10.2 Å². The second-order valence-electron chi connectivity index (χ2n) is 2.87. The third kappa shape index (κ3) is 4.06. The Morgan fingerprint density at radius 3 is 3.14 bits per heavy atom. The number of hydrogen-bond donors (Lipinski definition) is 1. The molecule has 0 aliphatic heterocycles. The molecule has 0 radical (unpaired) electrons. The summed E-state index contributed by atoms with van der Waals surface area (Å²) in [5.41, 5.74) is 1.66. The molecule has 1 amide bonds. The summed E-state index contributed by atoms with van der Waals surface area (Å²) >= 11 is 2.87. The van der Waals surface area contributed by atoms with Crippen molar-refractivity contribution < 1.29 is 4.79 Å². The molecular weight excluding hydrogens is 218 g/mol. The number of nitrogens with one attached hydrogen (secondary N) is 1. The lowest BCUT2D eigenvalue weighted by atomic mass is 10.3. The number of rotatable bonds is 5. The average molecular weight is 231 g/mol. The van der Waals surface area contributed by atoms with E-state index >= 15 is 0 Å². The van der Waals surface area contributed by atoms with Crippen molar-refractivity contribution in [3.05, 3.63) is 5.51 Å². The fraction of sp³-hybridized carbons (Fsp3) is 0.625. The van der Waals surface area contributed by atoms with Crippen LogP contribution in [0.15, 0.2) is 9.85 Å². The van der Waals surface area contributed by atoms with E-state index in [-0.39, 0.29) is 11.9 Å². The third-order valence-corrected chi connectivity index (χ3v) is 3.55. The second kappa shape index (κ2) is 5.98. The van der Waals surface area contributed by atoms with Gasteiger partial charge in [0.25, 0.3) is 0 Å². The van der Waals surface area contributed by atoms with Crippen molar-refractivity contribution >= 4 is 29.0 Å². The average Bonchev–Trinajstić information content (AvgIpc) is 2.67. The molecule has 1 atom stereocenters. The fourth-order valence-electron chi connectivity index (χ4n) is 0.772. The monoisotopic (exact) mass is 231 g/mol. The van der Waals surface area contributed by atoms with Gasteiger partial charge in [-0.25, -0.2) is 0 Å². The molecule has 1 aromatic rings. The Labute approximate surface area is 91.5 Å². The van der Waals surface area contributed by atoms with E-state index in [0.29, 0.717) is 5.75 Å². The van der Waals surface area contributed by atoms with E-state index in [2.05, 4.69) is 15.5 Å². The van der Waals surface area contributed by atoms with Crippen molar-refractivity contribution in [3.8, 4) is 0 Å². The van der Waals surface area contributed by atoms with Crippen LogP contribution in [0, 0.1) is 0 Å². The number of thioether (sulfide) groups is 1. The summed E-state index contributed by atoms with van der Waals surface area (Å²) in [5, 5.41) is 10.4. The quantitative estimate of drug-likeness (QED) is 0.781. The van der Waals surface area contributed by atoms with Gasteiger partial charge in [-0.1, -0.05) is 30.0 Å². The molecule has 1 heterocycles. The SMILES string of the molecule is CC[C@H](C)NC(=O)CSc1nncs1. The Kier molecular flexibility index (Phi) is 4.89. The Bertz CT molecular complexity index is 276. The van der Waals surface area contributed by atoms with Crippen molar-refractivity contribution in [1.82, 2.24) is 15.5 Å². The molecule has 0 unspecified atom stereocenters. The molecule has 78 valence electrons. The van der Waals surface area contributed by atoms with E-state index < -0.39 is 0 Å². The first-order chi connectivity index (χ1) is 6.72. The van der Waals surface area contributed by atoms with Crippen molar-refractivity contribution in [2.24, 2.45) is 0 Å². The summed E-state index contributed by atoms with van der Waals surface area (Å²) in [4.78, 5) is 11.3. The van der Waals surface area contributed by atoms with Gasteiger partial charge in [-0.05, 0) is 13.3 Å². The molecule has 0 aromatic carbocycles. The van der Waals surface area contributed by atoms with Crippen LogP contribution in [0.5, 0.6) is 0 Å². The van der Waals surface area contributed by atoms with Crippen LogP contribution in [0.2, 0.25) is 0 Å². The van der Waals surface area contributed by atoms with Gasteiger partial charge < -0.3 is 5.32 Å². The molecule has 14 heavy (non-hydrogen) atoms. The maximum atomic E-state index is 11.3. The highest BCUT2D eigenvalue weighted by Crippen LogP contribution is 2.18. The normalized spacial score (nSPS) is 12.4. The van der Waals surface area contributed by atoms with E-state index in [4.69, 9.17) is 0 Å². The standard InChI is InChI=1S/C8H13N3OS2/c1-3-6(2)10-7(12)4-13-8-11-9-5-14-8/h5-6H,3-4H2,1-2H3,(H,10,12)/t6-/m0/s1. The molecule has 6 heteroatoms. The van der Waals surface area contributed by atoms with Crippen LogP contribution < -0.4 is 5.32 Å². The molecule has 0 saturated carbocycles. The minimum absolute atomic E-state index is 0.0551. The van der Waals surface area contributed by atoms with Gasteiger partial charge in [-0.3, -0.25) is 4.79 Å². The first-order valence-electron chi connectivity index (χ1n) is 4.40. The molecule has 1 N–H and O–H groups in total. The zero-order valence-electron chi connectivity index (χ0n) is 8.19. The van der Waals surface area contributed by atoms with Gasteiger partial charge in [0.15, 0.2) is 4.34 Å². The maximum absolute atomic E-state index is 11.3. The number of nitrogens with zero attached hydrogens (tertiary/aromatic N) is 2. The van der Waals surface area contributed by atoms with Crippen molar-refractivity contribution in [2.75, 3.05) is 5.75 Å². The molecule has 0 aliphatic carbocycles. The van der Waals surface area contributed by atoms with Gasteiger partial charge in [0.2, 0.25) is 5.91 Å². The number of carbonyl (C=O) groups excluding carboxylic acids is 1. The van der Waals surface area contributed by atoms with Gasteiger partial charge in [0.1, 0.15) is 5.51 Å². The number of hydrogen-bond acceptors (Lipinski definition) is 5. The Morgan fingerprint density at radius 2 is 2.57 bits per heavy atom. The van der Waals surface area contributed by atoms with Gasteiger partial charge >= 0.3 is 0 Å². The lowest BCUT2D eigenvalue weighted by Gasteiger charge is -2.09. The van der Waals surface area contributed by atoms with Gasteiger partial charge in [0, 0.05) is 6.04 Å². The number of carbonyl (C=O) groups is 1. The number of amides is 1. The molecule has 0 saturated heterocycles. The number of aromatic nitrogens is 2. The molecule has 0 bridgehead atoms. The smallest absolute Gasteiger partial charge is 0.230 e. The van der Waals surface area contributed by atoms with Gasteiger partial charge in [0.05, 0.1) is 5.75 Å². The second-order valence-corrected chi connectivity index (χ2v) is 4.93. The molecule has 1 aromatic heterocycles. The Balaban J connectivity index is 2.22. The van der Waals surface area contributed by atoms with Crippen LogP contribution in [0.25, 0.3) is 0 Å². The highest BCUT2D eigenvalue weighted by atomic mass is 32.2. The highest BCUT2D eigenvalue weighted by Gasteiger charge is 2.07. The minimum atomic E-state index is 0.0551. The molecule has 0 spiro atoms. The highest BCUT2D eigenvalue weighted by molar-refractivity contribution is 8.01. The molecular formula is C8H13N3OS2. The molecule has 1 rings (SSSR count). The third-order valence-electron chi connectivity index (χ3n) is 1.69. The summed E-state index contributed by atoms with van der Waals surface area (Å²) in [6.45, 7) is 4.04. The Hall–Kier alpha value is -0.620. The maximum Gasteiger partial charge on any atom is 0.230 e. The Morgan fingerprint density at radius 1 is 1.79 bits per heavy atom. The van der Waals surface area contributed by atoms with Crippen LogP contribution in [0.4, 0.5) is 0 Å². The summed E-state index contributed by atoms with van der Waals surface area (Å²) in [5.74, 6) is 0.471. The van der Waals surface area contributed by atoms with Crippen molar-refractivity contribution in [2.45, 2.75) is 30.6 Å².